The van der Waals surface area contributed by atoms with E-state index >= 15 is 0 Å². The molecule has 0 aromatic heterocycles. The number of halogens is 3. The quantitative estimate of drug-likeness (QED) is 0.671. The molecule has 0 amide bonds. The van der Waals surface area contributed by atoms with Gasteiger partial charge in [0.25, 0.3) is 0 Å². The Labute approximate surface area is 101 Å². The summed E-state index contributed by atoms with van der Waals surface area (Å²) in [7, 11) is 0. The minimum absolute atomic E-state index is 0.149. The molecule has 6 heteroatoms. The highest BCUT2D eigenvalue weighted by Gasteiger charge is 2.37. The van der Waals surface area contributed by atoms with Crippen LogP contribution in [0.15, 0.2) is 29.2 Å². The molecule has 1 rings (SSSR count). The second-order valence-corrected chi connectivity index (χ2v) is 4.55. The fourth-order valence-electron chi connectivity index (χ4n) is 1.07. The Balaban J connectivity index is 2.64. The van der Waals surface area contributed by atoms with E-state index in [1.807, 2.05) is 0 Å². The number of hydrogen-bond acceptors (Lipinski definition) is 3. The molecule has 0 aliphatic heterocycles. The molecule has 1 atom stereocenters. The number of hydrogen-bond donors (Lipinski definition) is 1. The van der Waals surface area contributed by atoms with Gasteiger partial charge in [-0.1, -0.05) is 12.1 Å². The van der Waals surface area contributed by atoms with Crippen molar-refractivity contribution >= 4 is 17.5 Å². The van der Waals surface area contributed by atoms with Gasteiger partial charge in [-0.3, -0.25) is 4.79 Å². The van der Waals surface area contributed by atoms with Crippen LogP contribution in [0.5, 0.6) is 0 Å². The Bertz CT molecular complexity index is 404. The molecule has 1 aromatic carbocycles. The van der Waals surface area contributed by atoms with E-state index in [0.717, 1.165) is 11.8 Å². The zero-order valence-electron chi connectivity index (χ0n) is 8.99. The minimum Gasteiger partial charge on any atom is -0.383 e. The lowest BCUT2D eigenvalue weighted by atomic mass is 10.2. The van der Waals surface area contributed by atoms with Gasteiger partial charge < -0.3 is 5.11 Å². The van der Waals surface area contributed by atoms with Crippen molar-refractivity contribution in [2.75, 3.05) is 5.75 Å². The van der Waals surface area contributed by atoms with Gasteiger partial charge in [0, 0.05) is 16.2 Å². The molecule has 0 saturated carbocycles. The standard InChI is InChI=1S/C11H11F3O2S/c1-7(15)8-3-2-4-9(5-8)17-6-10(16)11(12,13)14/h2-5,10,16H,6H2,1H3. The molecule has 94 valence electrons. The summed E-state index contributed by atoms with van der Waals surface area (Å²) < 4.78 is 36.1. The van der Waals surface area contributed by atoms with E-state index in [4.69, 9.17) is 5.11 Å². The molecule has 0 spiro atoms. The van der Waals surface area contributed by atoms with E-state index in [2.05, 4.69) is 0 Å². The maximum Gasteiger partial charge on any atom is 0.415 e. The molecule has 1 aromatic rings. The predicted octanol–water partition coefficient (Wildman–Crippen LogP) is 2.90. The fourth-order valence-corrected chi connectivity index (χ4v) is 2.00. The van der Waals surface area contributed by atoms with Crippen molar-refractivity contribution < 1.29 is 23.1 Å². The topological polar surface area (TPSA) is 37.3 Å². The normalized spacial score (nSPS) is 13.5. The summed E-state index contributed by atoms with van der Waals surface area (Å²) in [5, 5.41) is 8.81. The Morgan fingerprint density at radius 2 is 2.12 bits per heavy atom. The van der Waals surface area contributed by atoms with E-state index in [1.165, 1.54) is 13.0 Å². The molecule has 0 saturated heterocycles. The largest absolute Gasteiger partial charge is 0.415 e. The van der Waals surface area contributed by atoms with Gasteiger partial charge in [0.15, 0.2) is 11.9 Å². The molecule has 0 aliphatic carbocycles. The van der Waals surface area contributed by atoms with E-state index in [9.17, 15) is 18.0 Å². The number of ketones is 1. The Hall–Kier alpha value is -1.01. The molecule has 0 bridgehead atoms. The summed E-state index contributed by atoms with van der Waals surface area (Å²) in [5.74, 6) is -0.631. The van der Waals surface area contributed by atoms with Crippen molar-refractivity contribution in [3.63, 3.8) is 0 Å². The van der Waals surface area contributed by atoms with Crippen molar-refractivity contribution in [2.24, 2.45) is 0 Å². The smallest absolute Gasteiger partial charge is 0.383 e. The number of aliphatic hydroxyl groups excluding tert-OH is 1. The maximum absolute atomic E-state index is 12.0. The van der Waals surface area contributed by atoms with Crippen LogP contribution in [0.2, 0.25) is 0 Å². The van der Waals surface area contributed by atoms with Crippen LogP contribution in [-0.2, 0) is 0 Å². The fraction of sp³-hybridized carbons (Fsp3) is 0.364. The van der Waals surface area contributed by atoms with Crippen LogP contribution >= 0.6 is 11.8 Å². The van der Waals surface area contributed by atoms with E-state index < -0.39 is 18.0 Å². The summed E-state index contributed by atoms with van der Waals surface area (Å²) in [6.07, 6.45) is -6.96. The number of aliphatic hydroxyl groups is 1. The Morgan fingerprint density at radius 1 is 1.47 bits per heavy atom. The van der Waals surface area contributed by atoms with Gasteiger partial charge >= 0.3 is 6.18 Å². The van der Waals surface area contributed by atoms with Gasteiger partial charge in [0.1, 0.15) is 0 Å². The average Bonchev–Trinajstić information content (AvgIpc) is 2.25. The van der Waals surface area contributed by atoms with Gasteiger partial charge in [-0.05, 0) is 19.1 Å². The third-order valence-electron chi connectivity index (χ3n) is 2.03. The van der Waals surface area contributed by atoms with Gasteiger partial charge in [0.2, 0.25) is 0 Å². The lowest BCUT2D eigenvalue weighted by Gasteiger charge is -2.13. The van der Waals surface area contributed by atoms with Crippen LogP contribution in [0.25, 0.3) is 0 Å². The van der Waals surface area contributed by atoms with Crippen molar-refractivity contribution in [1.82, 2.24) is 0 Å². The molecule has 0 radical (unpaired) electrons. The highest BCUT2D eigenvalue weighted by molar-refractivity contribution is 7.99. The van der Waals surface area contributed by atoms with Crippen LogP contribution < -0.4 is 0 Å². The van der Waals surface area contributed by atoms with E-state index in [0.29, 0.717) is 10.5 Å². The zero-order chi connectivity index (χ0) is 13.1. The molecular weight excluding hydrogens is 253 g/mol. The summed E-state index contributed by atoms with van der Waals surface area (Å²) in [6.45, 7) is 1.38. The lowest BCUT2D eigenvalue weighted by molar-refractivity contribution is -0.195. The number of rotatable bonds is 4. The third-order valence-corrected chi connectivity index (χ3v) is 3.10. The van der Waals surface area contributed by atoms with Crippen molar-refractivity contribution in [1.29, 1.82) is 0 Å². The molecule has 0 aliphatic rings. The maximum atomic E-state index is 12.0. The SMILES string of the molecule is CC(=O)c1cccc(SCC(O)C(F)(F)F)c1. The van der Waals surface area contributed by atoms with Crippen molar-refractivity contribution in [2.45, 2.75) is 24.1 Å². The van der Waals surface area contributed by atoms with Crippen LogP contribution in [0, 0.1) is 0 Å². The average molecular weight is 264 g/mol. The van der Waals surface area contributed by atoms with Gasteiger partial charge in [0.05, 0.1) is 0 Å². The number of carbonyl (C=O) groups excluding carboxylic acids is 1. The zero-order valence-corrected chi connectivity index (χ0v) is 9.81. The Morgan fingerprint density at radius 3 is 2.65 bits per heavy atom. The van der Waals surface area contributed by atoms with Crippen molar-refractivity contribution in [3.05, 3.63) is 29.8 Å². The predicted molar refractivity (Wildman–Crippen MR) is 59.2 cm³/mol. The highest BCUT2D eigenvalue weighted by Crippen LogP contribution is 2.27. The molecular formula is C11H11F3O2S. The van der Waals surface area contributed by atoms with Crippen LogP contribution in [0.1, 0.15) is 17.3 Å². The number of alkyl halides is 3. The van der Waals surface area contributed by atoms with Crippen LogP contribution in [0.4, 0.5) is 13.2 Å². The summed E-state index contributed by atoms with van der Waals surface area (Å²) in [5.41, 5.74) is 0.441. The van der Waals surface area contributed by atoms with Gasteiger partial charge in [-0.2, -0.15) is 13.2 Å². The number of Topliss-reactive ketones (excluding diaryl/α,β-unsaturated/α-hetero) is 1. The van der Waals surface area contributed by atoms with Gasteiger partial charge in [-0.25, -0.2) is 0 Å². The highest BCUT2D eigenvalue weighted by atomic mass is 32.2. The number of thioether (sulfide) groups is 1. The minimum atomic E-state index is -4.61. The monoisotopic (exact) mass is 264 g/mol. The first kappa shape index (κ1) is 14.1. The molecule has 1 N–H and O–H groups in total. The summed E-state index contributed by atoms with van der Waals surface area (Å²) in [6, 6.07) is 6.29. The van der Waals surface area contributed by atoms with Crippen molar-refractivity contribution in [3.8, 4) is 0 Å². The second-order valence-electron chi connectivity index (χ2n) is 3.45. The Kier molecular flexibility index (Phi) is 4.59. The second kappa shape index (κ2) is 5.55. The lowest BCUT2D eigenvalue weighted by Crippen LogP contribution is -2.30. The molecule has 1 unspecified atom stereocenters. The first-order valence-corrected chi connectivity index (χ1v) is 5.78. The van der Waals surface area contributed by atoms with Crippen LogP contribution in [-0.4, -0.2) is 28.9 Å². The molecule has 2 nitrogen and oxygen atoms in total. The number of carbonyl (C=O) groups is 1. The first-order chi connectivity index (χ1) is 7.80. The van der Waals surface area contributed by atoms with Gasteiger partial charge in [-0.15, -0.1) is 11.8 Å². The third kappa shape index (κ3) is 4.40. The summed E-state index contributed by atoms with van der Waals surface area (Å²) in [4.78, 5) is 11.6. The summed E-state index contributed by atoms with van der Waals surface area (Å²) >= 11 is 0.865. The van der Waals surface area contributed by atoms with E-state index in [1.54, 1.807) is 18.2 Å². The number of benzene rings is 1. The first-order valence-electron chi connectivity index (χ1n) is 4.79. The van der Waals surface area contributed by atoms with Crippen LogP contribution in [0.3, 0.4) is 0 Å². The molecule has 17 heavy (non-hydrogen) atoms. The molecule has 0 fully saturated rings. The van der Waals surface area contributed by atoms with E-state index in [-0.39, 0.29) is 5.78 Å². The molecule has 0 heterocycles.